The first-order valence-electron chi connectivity index (χ1n) is 9.61. The fourth-order valence-corrected chi connectivity index (χ4v) is 3.47. The molecule has 0 spiro atoms. The van der Waals surface area contributed by atoms with E-state index >= 15 is 0 Å². The molecule has 1 amide bonds. The summed E-state index contributed by atoms with van der Waals surface area (Å²) in [7, 11) is 0. The average Bonchev–Trinajstić information content (AvgIpc) is 2.76. The van der Waals surface area contributed by atoms with Crippen LogP contribution in [0.15, 0.2) is 36.7 Å². The van der Waals surface area contributed by atoms with Gasteiger partial charge in [-0.2, -0.15) is 0 Å². The molecular formula is C20H25N5O2. The summed E-state index contributed by atoms with van der Waals surface area (Å²) in [6.07, 6.45) is 7.07. The summed E-state index contributed by atoms with van der Waals surface area (Å²) in [6.45, 7) is 5.19. The number of ether oxygens (including phenoxy) is 1. The van der Waals surface area contributed by atoms with Gasteiger partial charge in [0, 0.05) is 32.4 Å². The van der Waals surface area contributed by atoms with E-state index in [0.29, 0.717) is 24.5 Å². The lowest BCUT2D eigenvalue weighted by Gasteiger charge is -2.27. The topological polar surface area (TPSA) is 70.6 Å². The third kappa shape index (κ3) is 4.36. The number of carbonyl (C=O) groups is 1. The first-order chi connectivity index (χ1) is 13.3. The van der Waals surface area contributed by atoms with Crippen LogP contribution in [0.1, 0.15) is 29.6 Å². The number of rotatable bonds is 4. The maximum absolute atomic E-state index is 12.5. The van der Waals surface area contributed by atoms with Crippen molar-refractivity contribution >= 4 is 23.2 Å². The van der Waals surface area contributed by atoms with Gasteiger partial charge in [-0.1, -0.05) is 0 Å². The van der Waals surface area contributed by atoms with Gasteiger partial charge in [-0.25, -0.2) is 9.97 Å². The van der Waals surface area contributed by atoms with Crippen LogP contribution in [-0.2, 0) is 4.74 Å². The zero-order chi connectivity index (χ0) is 18.5. The van der Waals surface area contributed by atoms with Crippen LogP contribution in [0.5, 0.6) is 0 Å². The largest absolute Gasteiger partial charge is 0.378 e. The molecular weight excluding hydrogens is 342 g/mol. The van der Waals surface area contributed by atoms with Crippen molar-refractivity contribution in [1.29, 1.82) is 0 Å². The van der Waals surface area contributed by atoms with Crippen molar-refractivity contribution in [3.8, 4) is 0 Å². The molecule has 0 aromatic carbocycles. The zero-order valence-electron chi connectivity index (χ0n) is 15.4. The van der Waals surface area contributed by atoms with Crippen LogP contribution in [0.3, 0.4) is 0 Å². The van der Waals surface area contributed by atoms with Gasteiger partial charge in [-0.05, 0) is 43.5 Å². The van der Waals surface area contributed by atoms with Crippen LogP contribution < -0.4 is 15.1 Å². The number of carbonyl (C=O) groups excluding carboxylic acids is 1. The van der Waals surface area contributed by atoms with E-state index in [-0.39, 0.29) is 5.91 Å². The molecule has 0 unspecified atom stereocenters. The Kier molecular flexibility index (Phi) is 5.48. The molecule has 0 bridgehead atoms. The molecule has 142 valence electrons. The number of anilines is 3. The van der Waals surface area contributed by atoms with Crippen molar-refractivity contribution in [1.82, 2.24) is 9.97 Å². The number of hydrogen-bond acceptors (Lipinski definition) is 6. The second-order valence-electron chi connectivity index (χ2n) is 6.91. The minimum absolute atomic E-state index is 0.177. The first-order valence-corrected chi connectivity index (χ1v) is 9.61. The van der Waals surface area contributed by atoms with Crippen molar-refractivity contribution in [2.75, 3.05) is 54.5 Å². The van der Waals surface area contributed by atoms with Crippen molar-refractivity contribution in [3.05, 3.63) is 42.2 Å². The van der Waals surface area contributed by atoms with Gasteiger partial charge in [0.05, 0.1) is 30.7 Å². The molecule has 0 radical (unpaired) electrons. The summed E-state index contributed by atoms with van der Waals surface area (Å²) in [6, 6.07) is 7.58. The molecule has 0 atom stereocenters. The predicted octanol–water partition coefficient (Wildman–Crippen LogP) is 2.56. The van der Waals surface area contributed by atoms with E-state index in [1.165, 1.54) is 19.3 Å². The number of pyridine rings is 2. The summed E-state index contributed by atoms with van der Waals surface area (Å²) in [4.78, 5) is 25.9. The van der Waals surface area contributed by atoms with Crippen LogP contribution >= 0.6 is 0 Å². The highest BCUT2D eigenvalue weighted by Crippen LogP contribution is 2.19. The molecule has 2 aliphatic heterocycles. The zero-order valence-corrected chi connectivity index (χ0v) is 15.4. The van der Waals surface area contributed by atoms with E-state index in [4.69, 9.17) is 4.74 Å². The molecule has 0 saturated carbocycles. The fourth-order valence-electron chi connectivity index (χ4n) is 3.47. The van der Waals surface area contributed by atoms with E-state index < -0.39 is 0 Å². The summed E-state index contributed by atoms with van der Waals surface area (Å²) in [5, 5.41) is 2.89. The van der Waals surface area contributed by atoms with Gasteiger partial charge in [-0.3, -0.25) is 4.79 Å². The Bertz CT molecular complexity index is 751. The van der Waals surface area contributed by atoms with Crippen LogP contribution in [-0.4, -0.2) is 55.3 Å². The van der Waals surface area contributed by atoms with Crippen LogP contribution in [0, 0.1) is 0 Å². The number of piperidine rings is 1. The van der Waals surface area contributed by atoms with E-state index in [1.807, 2.05) is 24.3 Å². The summed E-state index contributed by atoms with van der Waals surface area (Å²) in [5.41, 5.74) is 1.23. The quantitative estimate of drug-likeness (QED) is 0.896. The number of nitrogens with one attached hydrogen (secondary N) is 1. The second-order valence-corrected chi connectivity index (χ2v) is 6.91. The Morgan fingerprint density at radius 2 is 1.52 bits per heavy atom. The smallest absolute Gasteiger partial charge is 0.257 e. The molecule has 4 heterocycles. The van der Waals surface area contributed by atoms with E-state index in [0.717, 1.165) is 37.8 Å². The molecule has 2 saturated heterocycles. The van der Waals surface area contributed by atoms with Gasteiger partial charge >= 0.3 is 0 Å². The maximum Gasteiger partial charge on any atom is 0.257 e. The Hall–Kier alpha value is -2.67. The third-order valence-corrected chi connectivity index (χ3v) is 5.03. The van der Waals surface area contributed by atoms with Gasteiger partial charge in [0.15, 0.2) is 0 Å². The number of hydrogen-bond donors (Lipinski definition) is 1. The lowest BCUT2D eigenvalue weighted by molar-refractivity contribution is 0.102. The highest BCUT2D eigenvalue weighted by atomic mass is 16.5. The molecule has 7 heteroatoms. The van der Waals surface area contributed by atoms with E-state index in [2.05, 4.69) is 25.1 Å². The Morgan fingerprint density at radius 3 is 2.15 bits per heavy atom. The van der Waals surface area contributed by atoms with E-state index in [9.17, 15) is 4.79 Å². The molecule has 4 rings (SSSR count). The number of amides is 1. The molecule has 27 heavy (non-hydrogen) atoms. The standard InChI is InChI=1S/C20H25N5O2/c26-20(16-4-6-18(21-14-16)25-10-12-27-13-11-25)23-17-5-7-19(22-15-17)24-8-2-1-3-9-24/h4-7,14-15H,1-3,8-13H2,(H,23,26). The van der Waals surface area contributed by atoms with Crippen LogP contribution in [0.2, 0.25) is 0 Å². The van der Waals surface area contributed by atoms with Crippen LogP contribution in [0.25, 0.3) is 0 Å². The average molecular weight is 367 g/mol. The number of morpholine rings is 1. The van der Waals surface area contributed by atoms with Crippen molar-refractivity contribution in [2.45, 2.75) is 19.3 Å². The highest BCUT2D eigenvalue weighted by molar-refractivity contribution is 6.04. The van der Waals surface area contributed by atoms with Gasteiger partial charge in [0.2, 0.25) is 0 Å². The fraction of sp³-hybridized carbons (Fsp3) is 0.450. The van der Waals surface area contributed by atoms with Crippen molar-refractivity contribution < 1.29 is 9.53 Å². The maximum atomic E-state index is 12.5. The molecule has 2 fully saturated rings. The Labute approximate surface area is 159 Å². The highest BCUT2D eigenvalue weighted by Gasteiger charge is 2.15. The van der Waals surface area contributed by atoms with Crippen molar-refractivity contribution in [2.24, 2.45) is 0 Å². The van der Waals surface area contributed by atoms with Crippen molar-refractivity contribution in [3.63, 3.8) is 0 Å². The normalized spacial score (nSPS) is 17.6. The lowest BCUT2D eigenvalue weighted by atomic mass is 10.1. The van der Waals surface area contributed by atoms with Gasteiger partial charge in [0.1, 0.15) is 11.6 Å². The lowest BCUT2D eigenvalue weighted by Crippen LogP contribution is -2.36. The SMILES string of the molecule is O=C(Nc1ccc(N2CCCCC2)nc1)c1ccc(N2CCOCC2)nc1. The minimum atomic E-state index is -0.177. The minimum Gasteiger partial charge on any atom is -0.378 e. The molecule has 2 aliphatic rings. The molecule has 1 N–H and O–H groups in total. The Balaban J connectivity index is 1.36. The molecule has 7 nitrogen and oxygen atoms in total. The van der Waals surface area contributed by atoms with Gasteiger partial charge in [-0.15, -0.1) is 0 Å². The molecule has 0 aliphatic carbocycles. The summed E-state index contributed by atoms with van der Waals surface area (Å²) < 4.78 is 5.35. The molecule has 2 aromatic heterocycles. The molecule has 2 aromatic rings. The number of aromatic nitrogens is 2. The summed E-state index contributed by atoms with van der Waals surface area (Å²) in [5.74, 6) is 1.68. The predicted molar refractivity (Wildman–Crippen MR) is 106 cm³/mol. The first kappa shape index (κ1) is 17.7. The summed E-state index contributed by atoms with van der Waals surface area (Å²) >= 11 is 0. The Morgan fingerprint density at radius 1 is 0.852 bits per heavy atom. The van der Waals surface area contributed by atoms with Gasteiger partial charge in [0.25, 0.3) is 5.91 Å². The van der Waals surface area contributed by atoms with Crippen LogP contribution in [0.4, 0.5) is 17.3 Å². The van der Waals surface area contributed by atoms with Gasteiger partial charge < -0.3 is 19.9 Å². The van der Waals surface area contributed by atoms with E-state index in [1.54, 1.807) is 12.4 Å². The third-order valence-electron chi connectivity index (χ3n) is 5.03. The monoisotopic (exact) mass is 367 g/mol. The number of nitrogens with zero attached hydrogens (tertiary/aromatic N) is 4. The second kappa shape index (κ2) is 8.35.